The van der Waals surface area contributed by atoms with Crippen LogP contribution in [0.3, 0.4) is 0 Å². The molecule has 1 fully saturated rings. The number of anilines is 1. The minimum atomic E-state index is -1.04. The van der Waals surface area contributed by atoms with Crippen LogP contribution in [0.4, 0.5) is 5.69 Å². The van der Waals surface area contributed by atoms with Gasteiger partial charge in [0.05, 0.1) is 29.2 Å². The van der Waals surface area contributed by atoms with Gasteiger partial charge in [-0.05, 0) is 46.5 Å². The van der Waals surface area contributed by atoms with Gasteiger partial charge in [-0.25, -0.2) is 10.3 Å². The maximum Gasteiger partial charge on any atom is 0.307 e. The van der Waals surface area contributed by atoms with Crippen molar-refractivity contribution in [3.05, 3.63) is 125 Å². The molecule has 3 amide bonds. The average molecular weight is 488 g/mol. The number of hydrogen-bond donors (Lipinski definition) is 1. The zero-order valence-corrected chi connectivity index (χ0v) is 19.6. The molecule has 0 saturated carbocycles. The smallest absolute Gasteiger partial charge is 0.307 e. The minimum Gasteiger partial charge on any atom is -0.459 e. The first-order valence-corrected chi connectivity index (χ1v) is 12.1. The molecule has 7 heteroatoms. The van der Waals surface area contributed by atoms with E-state index in [4.69, 9.17) is 4.42 Å². The normalized spacial score (nSPS) is 25.2. The van der Waals surface area contributed by atoms with Crippen LogP contribution >= 0.6 is 0 Å². The highest BCUT2D eigenvalue weighted by atomic mass is 16.3. The van der Waals surface area contributed by atoms with Crippen LogP contribution in [-0.2, 0) is 15.0 Å². The number of benzene rings is 3. The molecule has 1 aromatic heterocycles. The molecule has 2 bridgehead atoms. The van der Waals surface area contributed by atoms with E-state index in [-0.39, 0.29) is 23.5 Å². The molecule has 3 aliphatic carbocycles. The highest BCUT2D eigenvalue weighted by molar-refractivity contribution is 6.25. The van der Waals surface area contributed by atoms with E-state index in [9.17, 15) is 14.4 Å². The molecular formula is C30H21N3O4. The Balaban J connectivity index is 1.44. The Bertz CT molecular complexity index is 1540. The van der Waals surface area contributed by atoms with Crippen LogP contribution in [0.25, 0.3) is 0 Å². The quantitative estimate of drug-likeness (QED) is 0.265. The van der Waals surface area contributed by atoms with Crippen molar-refractivity contribution in [3.8, 4) is 0 Å². The Labute approximate surface area is 212 Å². The van der Waals surface area contributed by atoms with Gasteiger partial charge in [0.25, 0.3) is 0 Å². The number of furan rings is 1. The molecule has 1 saturated heterocycles. The number of rotatable bonds is 4. The van der Waals surface area contributed by atoms with Crippen molar-refractivity contribution >= 4 is 29.6 Å². The van der Waals surface area contributed by atoms with Gasteiger partial charge in [0, 0.05) is 12.1 Å². The number of imide groups is 1. The number of hydrazone groups is 1. The molecule has 1 aliphatic heterocycles. The molecule has 180 valence electrons. The molecule has 8 rings (SSSR count). The van der Waals surface area contributed by atoms with Crippen molar-refractivity contribution < 1.29 is 18.8 Å². The van der Waals surface area contributed by atoms with Crippen molar-refractivity contribution in [1.29, 1.82) is 0 Å². The summed E-state index contributed by atoms with van der Waals surface area (Å²) in [5.74, 6) is -2.41. The topological polar surface area (TPSA) is 92.0 Å². The molecule has 7 nitrogen and oxygen atoms in total. The predicted molar refractivity (Wildman–Crippen MR) is 136 cm³/mol. The second-order valence-corrected chi connectivity index (χ2v) is 9.55. The van der Waals surface area contributed by atoms with Crippen LogP contribution in [0.5, 0.6) is 0 Å². The Morgan fingerprint density at radius 2 is 1.49 bits per heavy atom. The lowest BCUT2D eigenvalue weighted by Crippen LogP contribution is -2.54. The fourth-order valence-corrected chi connectivity index (χ4v) is 6.54. The van der Waals surface area contributed by atoms with Gasteiger partial charge in [-0.2, -0.15) is 5.10 Å². The number of carbonyl (C=O) groups is 3. The molecule has 4 aromatic rings. The largest absolute Gasteiger partial charge is 0.459 e. The standard InChI is InChI=1S/C30H21N3O4/c34-27(23-15-8-16-37-23)32-31-17-30-21-13-6-4-11-19(21)24(20-12-5-7-14-22(20)30)25-26(30)29(36)33(28(25)35)18-9-2-1-3-10-18/h1-17,24-26H,(H,32,34). The Morgan fingerprint density at radius 3 is 2.14 bits per heavy atom. The highest BCUT2D eigenvalue weighted by Crippen LogP contribution is 2.63. The van der Waals surface area contributed by atoms with E-state index in [1.807, 2.05) is 66.7 Å². The van der Waals surface area contributed by atoms with Gasteiger partial charge in [0.15, 0.2) is 5.76 Å². The summed E-state index contributed by atoms with van der Waals surface area (Å²) in [5.41, 5.74) is 5.91. The average Bonchev–Trinajstić information content (AvgIpc) is 3.57. The summed E-state index contributed by atoms with van der Waals surface area (Å²) in [7, 11) is 0. The third-order valence-corrected chi connectivity index (χ3v) is 7.88. The lowest BCUT2D eigenvalue weighted by molar-refractivity contribution is -0.122. The maximum atomic E-state index is 14.2. The molecule has 2 atom stereocenters. The van der Waals surface area contributed by atoms with E-state index in [1.165, 1.54) is 11.2 Å². The van der Waals surface area contributed by atoms with Crippen LogP contribution in [0.2, 0.25) is 0 Å². The van der Waals surface area contributed by atoms with Crippen LogP contribution in [0.1, 0.15) is 38.7 Å². The number of carbonyl (C=O) groups excluding carboxylic acids is 3. The summed E-state index contributed by atoms with van der Waals surface area (Å²) < 4.78 is 5.18. The lowest BCUT2D eigenvalue weighted by atomic mass is 9.47. The van der Waals surface area contributed by atoms with Crippen LogP contribution in [0.15, 0.2) is 107 Å². The van der Waals surface area contributed by atoms with E-state index in [2.05, 4.69) is 10.5 Å². The predicted octanol–water partition coefficient (Wildman–Crippen LogP) is 4.25. The van der Waals surface area contributed by atoms with Crippen LogP contribution in [0, 0.1) is 11.8 Å². The number of nitrogens with one attached hydrogen (secondary N) is 1. The van der Waals surface area contributed by atoms with Crippen molar-refractivity contribution in [1.82, 2.24) is 5.43 Å². The molecule has 0 spiro atoms. The van der Waals surface area contributed by atoms with Gasteiger partial charge < -0.3 is 4.42 Å². The summed E-state index contributed by atoms with van der Waals surface area (Å²) >= 11 is 0. The molecule has 2 heterocycles. The number of hydrogen-bond acceptors (Lipinski definition) is 5. The van der Waals surface area contributed by atoms with Crippen LogP contribution < -0.4 is 10.3 Å². The Kier molecular flexibility index (Phi) is 4.57. The summed E-state index contributed by atoms with van der Waals surface area (Å²) in [5, 5.41) is 4.37. The summed E-state index contributed by atoms with van der Waals surface area (Å²) in [6.07, 6.45) is 3.05. The van der Waals surface area contributed by atoms with Gasteiger partial charge in [0.2, 0.25) is 11.8 Å². The highest BCUT2D eigenvalue weighted by Gasteiger charge is 2.68. The van der Waals surface area contributed by atoms with Crippen molar-refractivity contribution in [3.63, 3.8) is 0 Å². The van der Waals surface area contributed by atoms with Gasteiger partial charge in [-0.15, -0.1) is 0 Å². The van der Waals surface area contributed by atoms with Crippen molar-refractivity contribution in [2.45, 2.75) is 11.3 Å². The zero-order valence-electron chi connectivity index (χ0n) is 19.6. The summed E-state index contributed by atoms with van der Waals surface area (Å²) in [4.78, 5) is 42.1. The van der Waals surface area contributed by atoms with E-state index in [0.29, 0.717) is 5.69 Å². The van der Waals surface area contributed by atoms with Crippen molar-refractivity contribution in [2.24, 2.45) is 16.9 Å². The van der Waals surface area contributed by atoms with E-state index in [0.717, 1.165) is 22.3 Å². The summed E-state index contributed by atoms with van der Waals surface area (Å²) in [6.45, 7) is 0. The molecule has 37 heavy (non-hydrogen) atoms. The van der Waals surface area contributed by atoms with Gasteiger partial charge in [-0.3, -0.25) is 14.4 Å². The van der Waals surface area contributed by atoms with E-state index >= 15 is 0 Å². The lowest BCUT2D eigenvalue weighted by Gasteiger charge is -2.52. The number of para-hydroxylation sites is 1. The molecule has 2 unspecified atom stereocenters. The summed E-state index contributed by atoms with van der Waals surface area (Å²) in [6, 6.07) is 28.0. The number of amides is 3. The van der Waals surface area contributed by atoms with Gasteiger partial charge in [0.1, 0.15) is 0 Å². The SMILES string of the molecule is O=C(NN=CC12c3ccccc3C(c3ccccc31)C1C(=O)N(c3ccccc3)C(=O)C12)c1ccco1. The minimum absolute atomic E-state index is 0.128. The first-order valence-electron chi connectivity index (χ1n) is 12.1. The second kappa shape index (κ2) is 7.86. The van der Waals surface area contributed by atoms with Gasteiger partial charge >= 0.3 is 5.91 Å². The Morgan fingerprint density at radius 1 is 0.838 bits per heavy atom. The first-order chi connectivity index (χ1) is 18.1. The van der Waals surface area contributed by atoms with Crippen molar-refractivity contribution in [2.75, 3.05) is 4.90 Å². The fraction of sp³-hybridized carbons (Fsp3) is 0.133. The molecular weight excluding hydrogens is 466 g/mol. The zero-order chi connectivity index (χ0) is 25.1. The first kappa shape index (κ1) is 21.5. The maximum absolute atomic E-state index is 14.2. The molecule has 1 N–H and O–H groups in total. The van der Waals surface area contributed by atoms with Gasteiger partial charge in [-0.1, -0.05) is 66.7 Å². The third-order valence-electron chi connectivity index (χ3n) is 7.88. The molecule has 0 radical (unpaired) electrons. The van der Waals surface area contributed by atoms with E-state index < -0.39 is 23.2 Å². The third kappa shape index (κ3) is 2.82. The fourth-order valence-electron chi connectivity index (χ4n) is 6.54. The van der Waals surface area contributed by atoms with E-state index in [1.54, 1.807) is 30.5 Å². The second-order valence-electron chi connectivity index (χ2n) is 9.55. The van der Waals surface area contributed by atoms with Crippen LogP contribution in [-0.4, -0.2) is 23.9 Å². The number of nitrogens with zero attached hydrogens (tertiary/aromatic N) is 2. The Hall–Kier alpha value is -4.78. The molecule has 3 aromatic carbocycles. The monoisotopic (exact) mass is 487 g/mol. The molecule has 4 aliphatic rings.